The van der Waals surface area contributed by atoms with E-state index in [4.69, 9.17) is 8.83 Å². The highest BCUT2D eigenvalue weighted by molar-refractivity contribution is 5.92. The van der Waals surface area contributed by atoms with Crippen molar-refractivity contribution in [1.29, 1.82) is 0 Å². The lowest BCUT2D eigenvalue weighted by atomic mass is 10.2. The van der Waals surface area contributed by atoms with Crippen molar-refractivity contribution < 1.29 is 22.8 Å². The summed E-state index contributed by atoms with van der Waals surface area (Å²) in [5.41, 5.74) is 0.525. The molecule has 0 aliphatic carbocycles. The Kier molecular flexibility index (Phi) is 4.41. The van der Waals surface area contributed by atoms with E-state index in [-0.39, 0.29) is 29.3 Å². The van der Waals surface area contributed by atoms with E-state index in [1.807, 2.05) is 0 Å². The molecular formula is C18H15FN4O4. The van der Waals surface area contributed by atoms with Crippen LogP contribution in [0.3, 0.4) is 0 Å². The highest BCUT2D eigenvalue weighted by Crippen LogP contribution is 2.19. The van der Waals surface area contributed by atoms with Gasteiger partial charge in [-0.3, -0.25) is 9.59 Å². The maximum Gasteiger partial charge on any atom is 0.311 e. The van der Waals surface area contributed by atoms with Crippen LogP contribution in [0.2, 0.25) is 0 Å². The van der Waals surface area contributed by atoms with Gasteiger partial charge in [-0.05, 0) is 36.4 Å². The van der Waals surface area contributed by atoms with Crippen LogP contribution in [0.4, 0.5) is 4.39 Å². The molecule has 3 heterocycles. The van der Waals surface area contributed by atoms with Gasteiger partial charge >= 0.3 is 11.8 Å². The largest absolute Gasteiger partial charge is 0.459 e. The smallest absolute Gasteiger partial charge is 0.311 e. The monoisotopic (exact) mass is 370 g/mol. The summed E-state index contributed by atoms with van der Waals surface area (Å²) in [6, 6.07) is 8.80. The molecule has 1 saturated heterocycles. The van der Waals surface area contributed by atoms with Gasteiger partial charge in [0.15, 0.2) is 5.76 Å². The van der Waals surface area contributed by atoms with Crippen LogP contribution >= 0.6 is 0 Å². The fourth-order valence-electron chi connectivity index (χ4n) is 2.82. The van der Waals surface area contributed by atoms with Crippen molar-refractivity contribution >= 4 is 11.8 Å². The Morgan fingerprint density at radius 2 is 1.59 bits per heavy atom. The zero-order valence-electron chi connectivity index (χ0n) is 14.2. The van der Waals surface area contributed by atoms with Gasteiger partial charge in [-0.1, -0.05) is 0 Å². The molecule has 9 heteroatoms. The Balaban J connectivity index is 1.40. The van der Waals surface area contributed by atoms with Crippen molar-refractivity contribution in [2.75, 3.05) is 26.2 Å². The molecular weight excluding hydrogens is 355 g/mol. The van der Waals surface area contributed by atoms with Crippen LogP contribution in [0, 0.1) is 5.82 Å². The van der Waals surface area contributed by atoms with E-state index in [1.165, 1.54) is 30.5 Å². The second-order valence-electron chi connectivity index (χ2n) is 5.98. The summed E-state index contributed by atoms with van der Waals surface area (Å²) in [5, 5.41) is 7.63. The van der Waals surface area contributed by atoms with Crippen LogP contribution in [0.1, 0.15) is 21.2 Å². The average molecular weight is 370 g/mol. The zero-order valence-corrected chi connectivity index (χ0v) is 14.2. The first-order valence-corrected chi connectivity index (χ1v) is 8.33. The van der Waals surface area contributed by atoms with Crippen molar-refractivity contribution in [3.63, 3.8) is 0 Å². The predicted octanol–water partition coefficient (Wildman–Crippen LogP) is 2.07. The molecule has 0 atom stereocenters. The molecule has 138 valence electrons. The Morgan fingerprint density at radius 1 is 0.926 bits per heavy atom. The minimum atomic E-state index is -0.402. The number of hydrogen-bond donors (Lipinski definition) is 0. The third-order valence-electron chi connectivity index (χ3n) is 4.29. The molecule has 4 rings (SSSR count). The summed E-state index contributed by atoms with van der Waals surface area (Å²) in [4.78, 5) is 28.0. The molecule has 0 unspecified atom stereocenters. The number of hydrogen-bond acceptors (Lipinski definition) is 6. The summed E-state index contributed by atoms with van der Waals surface area (Å²) in [7, 11) is 0. The summed E-state index contributed by atoms with van der Waals surface area (Å²) in [5.74, 6) is -0.707. The van der Waals surface area contributed by atoms with Gasteiger partial charge in [0.1, 0.15) is 5.82 Å². The third-order valence-corrected chi connectivity index (χ3v) is 4.29. The summed E-state index contributed by atoms with van der Waals surface area (Å²) >= 11 is 0. The van der Waals surface area contributed by atoms with Crippen LogP contribution in [0.25, 0.3) is 11.5 Å². The first-order valence-electron chi connectivity index (χ1n) is 8.33. The number of benzene rings is 1. The maximum atomic E-state index is 13.0. The normalized spacial score (nSPS) is 14.4. The SMILES string of the molecule is O=C(c1ccco1)N1CCN(C(=O)c2nnc(-c3ccc(F)cc3)o2)CC1. The van der Waals surface area contributed by atoms with Crippen molar-refractivity contribution in [1.82, 2.24) is 20.0 Å². The average Bonchev–Trinajstić information content (AvgIpc) is 3.40. The lowest BCUT2D eigenvalue weighted by molar-refractivity contribution is 0.0498. The molecule has 1 aliphatic rings. The van der Waals surface area contributed by atoms with Crippen LogP contribution in [-0.2, 0) is 0 Å². The van der Waals surface area contributed by atoms with Crippen LogP contribution in [0.15, 0.2) is 51.5 Å². The highest BCUT2D eigenvalue weighted by Gasteiger charge is 2.29. The molecule has 1 aromatic carbocycles. The van der Waals surface area contributed by atoms with Crippen molar-refractivity contribution in [3.8, 4) is 11.5 Å². The maximum absolute atomic E-state index is 13.0. The Morgan fingerprint density at radius 3 is 2.22 bits per heavy atom. The van der Waals surface area contributed by atoms with Gasteiger partial charge in [-0.15, -0.1) is 10.2 Å². The zero-order chi connectivity index (χ0) is 18.8. The standard InChI is InChI=1S/C18H15FN4O4/c19-13-5-3-12(4-6-13)15-20-21-16(27-15)18(25)23-9-7-22(8-10-23)17(24)14-2-1-11-26-14/h1-6,11H,7-10H2. The number of carbonyl (C=O) groups excluding carboxylic acids is 2. The van der Waals surface area contributed by atoms with Gasteiger partial charge in [0.25, 0.3) is 5.91 Å². The number of aromatic nitrogens is 2. The molecule has 2 amide bonds. The second-order valence-corrected chi connectivity index (χ2v) is 5.98. The first kappa shape index (κ1) is 17.0. The predicted molar refractivity (Wildman–Crippen MR) is 90.2 cm³/mol. The topological polar surface area (TPSA) is 92.7 Å². The molecule has 0 N–H and O–H groups in total. The number of piperazine rings is 1. The van der Waals surface area contributed by atoms with Gasteiger partial charge in [0, 0.05) is 31.7 Å². The molecule has 1 fully saturated rings. The molecule has 8 nitrogen and oxygen atoms in total. The fourth-order valence-corrected chi connectivity index (χ4v) is 2.82. The van der Waals surface area contributed by atoms with Crippen molar-refractivity contribution in [2.45, 2.75) is 0 Å². The van der Waals surface area contributed by atoms with Crippen LogP contribution in [-0.4, -0.2) is 58.0 Å². The molecule has 27 heavy (non-hydrogen) atoms. The second kappa shape index (κ2) is 7.02. The van der Waals surface area contributed by atoms with Crippen molar-refractivity contribution in [2.24, 2.45) is 0 Å². The van der Waals surface area contributed by atoms with E-state index in [1.54, 1.807) is 21.9 Å². The van der Waals surface area contributed by atoms with Gasteiger partial charge in [0.05, 0.1) is 6.26 Å². The van der Waals surface area contributed by atoms with Gasteiger partial charge in [-0.25, -0.2) is 4.39 Å². The number of amides is 2. The molecule has 2 aromatic heterocycles. The fraction of sp³-hybridized carbons (Fsp3) is 0.222. The number of halogens is 1. The summed E-state index contributed by atoms with van der Waals surface area (Å²) in [6.07, 6.45) is 1.45. The van der Waals surface area contributed by atoms with Gasteiger partial charge < -0.3 is 18.6 Å². The molecule has 0 radical (unpaired) electrons. The van der Waals surface area contributed by atoms with E-state index in [0.29, 0.717) is 31.7 Å². The van der Waals surface area contributed by atoms with Crippen LogP contribution < -0.4 is 0 Å². The minimum absolute atomic E-state index is 0.139. The molecule has 1 aliphatic heterocycles. The van der Waals surface area contributed by atoms with Gasteiger partial charge in [0.2, 0.25) is 5.89 Å². The first-order chi connectivity index (χ1) is 13.1. The Labute approximate surface area is 153 Å². The highest BCUT2D eigenvalue weighted by atomic mass is 19.1. The Hall–Kier alpha value is -3.49. The van der Waals surface area contributed by atoms with E-state index >= 15 is 0 Å². The van der Waals surface area contributed by atoms with E-state index in [0.717, 1.165) is 0 Å². The lowest BCUT2D eigenvalue weighted by Gasteiger charge is -2.33. The minimum Gasteiger partial charge on any atom is -0.459 e. The quantitative estimate of drug-likeness (QED) is 0.701. The number of furan rings is 1. The summed E-state index contributed by atoms with van der Waals surface area (Å²) < 4.78 is 23.5. The Bertz CT molecular complexity index is 944. The van der Waals surface area contributed by atoms with Gasteiger partial charge in [-0.2, -0.15) is 0 Å². The number of nitrogens with zero attached hydrogens (tertiary/aromatic N) is 4. The molecule has 3 aromatic rings. The lowest BCUT2D eigenvalue weighted by Crippen LogP contribution is -2.50. The molecule has 0 bridgehead atoms. The van der Waals surface area contributed by atoms with E-state index < -0.39 is 5.91 Å². The van der Waals surface area contributed by atoms with Crippen LogP contribution in [0.5, 0.6) is 0 Å². The van der Waals surface area contributed by atoms with Crippen molar-refractivity contribution in [3.05, 3.63) is 60.1 Å². The van der Waals surface area contributed by atoms with E-state index in [9.17, 15) is 14.0 Å². The molecule has 0 saturated carbocycles. The number of rotatable bonds is 3. The molecule has 0 spiro atoms. The van der Waals surface area contributed by atoms with E-state index in [2.05, 4.69) is 10.2 Å². The third kappa shape index (κ3) is 3.43. The number of carbonyl (C=O) groups is 2. The summed E-state index contributed by atoms with van der Waals surface area (Å²) in [6.45, 7) is 1.45.